The average Bonchev–Trinajstić information content (AvgIpc) is 2.39. The highest BCUT2D eigenvalue weighted by Crippen LogP contribution is 2.21. The van der Waals surface area contributed by atoms with Crippen molar-refractivity contribution in [1.82, 2.24) is 14.8 Å². The third-order valence-corrected chi connectivity index (χ3v) is 4.39. The van der Waals surface area contributed by atoms with Gasteiger partial charge in [-0.2, -0.15) is 0 Å². The Labute approximate surface area is 110 Å². The average molecular weight is 254 g/mol. The first-order valence-corrected chi connectivity index (χ1v) is 7.03. The van der Waals surface area contributed by atoms with E-state index < -0.39 is 0 Å². The molecule has 5 nitrogen and oxygen atoms in total. The molecule has 0 aliphatic carbocycles. The molecule has 0 aromatic heterocycles. The van der Waals surface area contributed by atoms with Gasteiger partial charge in [-0.25, -0.2) is 5.01 Å². The van der Waals surface area contributed by atoms with E-state index in [0.29, 0.717) is 11.9 Å². The summed E-state index contributed by atoms with van der Waals surface area (Å²) in [6.07, 6.45) is 4.05. The van der Waals surface area contributed by atoms with Crippen LogP contribution in [0.25, 0.3) is 0 Å². The topological polar surface area (TPSA) is 52.8 Å². The Balaban J connectivity index is 1.80. The molecule has 0 bridgehead atoms. The Kier molecular flexibility index (Phi) is 4.59. The van der Waals surface area contributed by atoms with Crippen molar-refractivity contribution in [2.75, 3.05) is 40.3 Å². The normalized spacial score (nSPS) is 24.8. The van der Waals surface area contributed by atoms with Gasteiger partial charge in [0.15, 0.2) is 0 Å². The number of carbonyl (C=O) groups excluding carboxylic acids is 1. The summed E-state index contributed by atoms with van der Waals surface area (Å²) in [4.78, 5) is 16.7. The van der Waals surface area contributed by atoms with Gasteiger partial charge in [-0.3, -0.25) is 10.6 Å². The van der Waals surface area contributed by atoms with Crippen LogP contribution in [0.15, 0.2) is 0 Å². The summed E-state index contributed by atoms with van der Waals surface area (Å²) in [7, 11) is 4.25. The van der Waals surface area contributed by atoms with E-state index in [0.717, 1.165) is 51.9 Å². The minimum Gasteiger partial charge on any atom is -0.342 e. The van der Waals surface area contributed by atoms with Gasteiger partial charge in [0.25, 0.3) is 0 Å². The molecule has 0 unspecified atom stereocenters. The van der Waals surface area contributed by atoms with Crippen molar-refractivity contribution >= 4 is 5.91 Å². The summed E-state index contributed by atoms with van der Waals surface area (Å²) in [5, 5.41) is 1.82. The van der Waals surface area contributed by atoms with Crippen molar-refractivity contribution in [1.29, 1.82) is 0 Å². The van der Waals surface area contributed by atoms with Crippen molar-refractivity contribution in [3.05, 3.63) is 0 Å². The molecule has 0 atom stereocenters. The molecule has 2 saturated heterocycles. The number of hydrazine groups is 1. The van der Waals surface area contributed by atoms with Gasteiger partial charge in [-0.05, 0) is 39.8 Å². The van der Waals surface area contributed by atoms with Gasteiger partial charge in [0, 0.05) is 38.1 Å². The van der Waals surface area contributed by atoms with Crippen LogP contribution in [0.3, 0.4) is 0 Å². The minimum absolute atomic E-state index is 0.209. The third kappa shape index (κ3) is 3.22. The van der Waals surface area contributed by atoms with Crippen molar-refractivity contribution in [3.8, 4) is 0 Å². The molecule has 2 aliphatic rings. The standard InChI is InChI=1S/C13H26N4O/c1-15(2)12-5-7-16(8-6-12)13(18)11-3-9-17(14)10-4-11/h11-12H,3-10,14H2,1-2H3. The van der Waals surface area contributed by atoms with Crippen LogP contribution in [0.4, 0.5) is 0 Å². The van der Waals surface area contributed by atoms with E-state index in [1.54, 1.807) is 0 Å². The molecule has 0 saturated carbocycles. The lowest BCUT2D eigenvalue weighted by molar-refractivity contribution is -0.138. The molecule has 5 heteroatoms. The second-order valence-corrected chi connectivity index (χ2v) is 5.83. The third-order valence-electron chi connectivity index (χ3n) is 4.39. The smallest absolute Gasteiger partial charge is 0.225 e. The molecule has 0 aromatic rings. The van der Waals surface area contributed by atoms with Crippen LogP contribution in [-0.4, -0.2) is 67.0 Å². The van der Waals surface area contributed by atoms with Gasteiger partial charge in [0.05, 0.1) is 0 Å². The summed E-state index contributed by atoms with van der Waals surface area (Å²) in [5.74, 6) is 6.30. The zero-order valence-electron chi connectivity index (χ0n) is 11.6. The van der Waals surface area contributed by atoms with E-state index in [2.05, 4.69) is 23.9 Å². The summed E-state index contributed by atoms with van der Waals surface area (Å²) in [6.45, 7) is 3.55. The largest absolute Gasteiger partial charge is 0.342 e. The first-order chi connectivity index (χ1) is 8.58. The molecule has 104 valence electrons. The monoisotopic (exact) mass is 254 g/mol. The Hall–Kier alpha value is -0.650. The fourth-order valence-corrected chi connectivity index (χ4v) is 3.01. The Morgan fingerprint density at radius 1 is 1.06 bits per heavy atom. The predicted molar refractivity (Wildman–Crippen MR) is 71.8 cm³/mol. The van der Waals surface area contributed by atoms with Gasteiger partial charge < -0.3 is 9.80 Å². The van der Waals surface area contributed by atoms with Crippen LogP contribution in [0.2, 0.25) is 0 Å². The highest BCUT2D eigenvalue weighted by molar-refractivity contribution is 5.79. The summed E-state index contributed by atoms with van der Waals surface area (Å²) in [6, 6.07) is 0.639. The van der Waals surface area contributed by atoms with Gasteiger partial charge in [-0.1, -0.05) is 0 Å². The van der Waals surface area contributed by atoms with E-state index in [1.165, 1.54) is 0 Å². The zero-order chi connectivity index (χ0) is 13.1. The Morgan fingerprint density at radius 2 is 1.61 bits per heavy atom. The molecule has 2 aliphatic heterocycles. The van der Waals surface area contributed by atoms with Gasteiger partial charge in [-0.15, -0.1) is 0 Å². The molecule has 0 spiro atoms. The van der Waals surface area contributed by atoms with Crippen LogP contribution in [0.5, 0.6) is 0 Å². The number of nitrogens with two attached hydrogens (primary N) is 1. The SMILES string of the molecule is CN(C)C1CCN(C(=O)C2CCN(N)CC2)CC1. The highest BCUT2D eigenvalue weighted by Gasteiger charge is 2.30. The fourth-order valence-electron chi connectivity index (χ4n) is 3.01. The zero-order valence-corrected chi connectivity index (χ0v) is 11.6. The number of rotatable bonds is 2. The van der Waals surface area contributed by atoms with E-state index >= 15 is 0 Å². The number of carbonyl (C=O) groups is 1. The molecule has 1 amide bonds. The lowest BCUT2D eigenvalue weighted by Crippen LogP contribution is -2.49. The minimum atomic E-state index is 0.209. The first-order valence-electron chi connectivity index (χ1n) is 7.03. The van der Waals surface area contributed by atoms with Crippen LogP contribution in [-0.2, 0) is 4.79 Å². The lowest BCUT2D eigenvalue weighted by Gasteiger charge is -2.38. The van der Waals surface area contributed by atoms with Crippen molar-refractivity contribution in [2.24, 2.45) is 11.8 Å². The van der Waals surface area contributed by atoms with Gasteiger partial charge in [0.2, 0.25) is 5.91 Å². The fraction of sp³-hybridized carbons (Fsp3) is 0.923. The van der Waals surface area contributed by atoms with E-state index in [9.17, 15) is 4.79 Å². The molecule has 2 N–H and O–H groups in total. The molecule has 0 aromatic carbocycles. The summed E-state index contributed by atoms with van der Waals surface area (Å²) in [5.41, 5.74) is 0. The highest BCUT2D eigenvalue weighted by atomic mass is 16.2. The number of likely N-dealkylation sites (tertiary alicyclic amines) is 1. The van der Waals surface area contributed by atoms with Crippen molar-refractivity contribution in [3.63, 3.8) is 0 Å². The van der Waals surface area contributed by atoms with Crippen molar-refractivity contribution < 1.29 is 4.79 Å². The van der Waals surface area contributed by atoms with E-state index in [-0.39, 0.29) is 5.92 Å². The van der Waals surface area contributed by atoms with Crippen LogP contribution < -0.4 is 5.84 Å². The Bertz CT molecular complexity index is 279. The van der Waals surface area contributed by atoms with E-state index in [4.69, 9.17) is 5.84 Å². The van der Waals surface area contributed by atoms with Crippen LogP contribution in [0.1, 0.15) is 25.7 Å². The second-order valence-electron chi connectivity index (χ2n) is 5.83. The maximum absolute atomic E-state index is 12.4. The first kappa shape index (κ1) is 13.8. The van der Waals surface area contributed by atoms with Gasteiger partial charge in [0.1, 0.15) is 0 Å². The lowest BCUT2D eigenvalue weighted by atomic mass is 9.94. The van der Waals surface area contributed by atoms with Crippen LogP contribution in [0, 0.1) is 5.92 Å². The molecule has 0 radical (unpaired) electrons. The molecule has 2 heterocycles. The predicted octanol–water partition coefficient (Wildman–Crippen LogP) is 0.125. The number of hydrogen-bond donors (Lipinski definition) is 1. The van der Waals surface area contributed by atoms with Crippen molar-refractivity contribution in [2.45, 2.75) is 31.7 Å². The molecular weight excluding hydrogens is 228 g/mol. The molecule has 2 rings (SSSR count). The van der Waals surface area contributed by atoms with Crippen LogP contribution >= 0.6 is 0 Å². The maximum atomic E-state index is 12.4. The Morgan fingerprint density at radius 3 is 2.11 bits per heavy atom. The molecule has 2 fully saturated rings. The number of piperidine rings is 2. The quantitative estimate of drug-likeness (QED) is 0.712. The second kappa shape index (κ2) is 5.99. The molecular formula is C13H26N4O. The van der Waals surface area contributed by atoms with E-state index in [1.807, 2.05) is 5.01 Å². The molecule has 18 heavy (non-hydrogen) atoms. The van der Waals surface area contributed by atoms with Gasteiger partial charge >= 0.3 is 0 Å². The number of nitrogens with zero attached hydrogens (tertiary/aromatic N) is 3. The number of hydrogen-bond acceptors (Lipinski definition) is 4. The summed E-state index contributed by atoms with van der Waals surface area (Å²) >= 11 is 0. The number of amides is 1. The summed E-state index contributed by atoms with van der Waals surface area (Å²) < 4.78 is 0. The maximum Gasteiger partial charge on any atom is 0.225 e.